The molecule has 0 radical (unpaired) electrons. The number of aromatic nitrogens is 4. The lowest BCUT2D eigenvalue weighted by Gasteiger charge is -2.30. The van der Waals surface area contributed by atoms with E-state index in [1.54, 1.807) is 13.8 Å². The van der Waals surface area contributed by atoms with Gasteiger partial charge in [-0.25, -0.2) is 23.9 Å². The normalized spacial score (nSPS) is 23.3. The summed E-state index contributed by atoms with van der Waals surface area (Å²) in [7, 11) is -4.39. The van der Waals surface area contributed by atoms with Crippen molar-refractivity contribution in [2.45, 2.75) is 45.0 Å². The number of esters is 2. The number of rotatable bonds is 12. The molecule has 0 aliphatic carbocycles. The van der Waals surface area contributed by atoms with Gasteiger partial charge in [-0.05, 0) is 25.5 Å². The minimum atomic E-state index is -4.39. The maximum absolute atomic E-state index is 13.6. The molecule has 0 bridgehead atoms. The molecule has 5 heterocycles. The Bertz CT molecular complexity index is 2060. The number of aromatic amines is 1. The zero-order chi connectivity index (χ0) is 34.9. The van der Waals surface area contributed by atoms with Crippen molar-refractivity contribution in [1.29, 1.82) is 0 Å². The van der Waals surface area contributed by atoms with Crippen LogP contribution in [0.4, 0.5) is 5.95 Å². The van der Waals surface area contributed by atoms with E-state index in [1.807, 2.05) is 0 Å². The van der Waals surface area contributed by atoms with Crippen LogP contribution < -0.4 is 26.4 Å². The molecule has 2 aliphatic rings. The van der Waals surface area contributed by atoms with Gasteiger partial charge in [-0.1, -0.05) is 0 Å². The van der Waals surface area contributed by atoms with E-state index in [9.17, 15) is 28.8 Å². The topological polar surface area (TPSA) is 265 Å². The number of carbonyl (C=O) groups is 2. The minimum absolute atomic E-state index is 0.0258. The molecule has 2 aliphatic heterocycles. The van der Waals surface area contributed by atoms with Crippen molar-refractivity contribution >= 4 is 47.8 Å². The van der Waals surface area contributed by atoms with E-state index >= 15 is 0 Å². The molecule has 6 rings (SSSR count). The minimum Gasteiger partial charge on any atom is -0.478 e. The third kappa shape index (κ3) is 7.14. The predicted molar refractivity (Wildman–Crippen MR) is 162 cm³/mol. The highest BCUT2D eigenvalue weighted by atomic mass is 31.2. The van der Waals surface area contributed by atoms with Gasteiger partial charge in [0.1, 0.15) is 23.9 Å². The molecule has 1 unspecified atom stereocenters. The number of ether oxygens (including phenoxy) is 5. The van der Waals surface area contributed by atoms with Crippen LogP contribution in [0.25, 0.3) is 22.1 Å². The van der Waals surface area contributed by atoms with Crippen molar-refractivity contribution in [2.75, 3.05) is 38.8 Å². The third-order valence-electron chi connectivity index (χ3n) is 7.26. The van der Waals surface area contributed by atoms with Gasteiger partial charge in [-0.2, -0.15) is 4.98 Å². The zero-order valence-corrected chi connectivity index (χ0v) is 26.8. The number of imidazole rings is 1. The molecule has 0 spiro atoms. The molecule has 2 saturated heterocycles. The van der Waals surface area contributed by atoms with Gasteiger partial charge < -0.3 is 38.9 Å². The number of nitrogen functional groups attached to an aromatic ring is 1. The highest BCUT2D eigenvalue weighted by Gasteiger charge is 2.53. The number of hydrogen-bond acceptors (Lipinski definition) is 18. The number of nitrogens with zero attached hydrogens (tertiary/aromatic N) is 3. The smallest absolute Gasteiger partial charge is 0.475 e. The molecule has 21 heteroatoms. The summed E-state index contributed by atoms with van der Waals surface area (Å²) < 4.78 is 63.6. The van der Waals surface area contributed by atoms with Crippen LogP contribution in [-0.4, -0.2) is 87.9 Å². The average molecular weight is 708 g/mol. The summed E-state index contributed by atoms with van der Waals surface area (Å²) in [4.78, 5) is 59.0. The number of carbonyl (C=O) groups excluding carboxylic acids is 2. The highest BCUT2D eigenvalue weighted by molar-refractivity contribution is 7.48. The number of aliphatic hydroxyl groups is 1. The molecule has 20 nitrogen and oxygen atoms in total. The fourth-order valence-corrected chi connectivity index (χ4v) is 6.54. The lowest BCUT2D eigenvalue weighted by molar-refractivity contribution is -0.146. The Morgan fingerprint density at radius 1 is 1.10 bits per heavy atom. The number of nitrogens with one attached hydrogen (secondary N) is 1. The number of phosphoric ester groups is 1. The number of H-pyrrole nitrogens is 1. The molecule has 0 amide bonds. The number of hydrogen-bond donors (Lipinski definition) is 3. The predicted octanol–water partition coefficient (Wildman–Crippen LogP) is 0.691. The van der Waals surface area contributed by atoms with Crippen molar-refractivity contribution in [3.63, 3.8) is 0 Å². The van der Waals surface area contributed by atoms with Crippen molar-refractivity contribution < 1.29 is 60.9 Å². The second-order valence-corrected chi connectivity index (χ2v) is 12.1. The van der Waals surface area contributed by atoms with Gasteiger partial charge in [0.05, 0.1) is 32.8 Å². The molecule has 5 atom stereocenters. The maximum atomic E-state index is 13.6. The number of phosphoric acid groups is 1. The summed E-state index contributed by atoms with van der Waals surface area (Å²) in [5.74, 6) is -1.62. The van der Waals surface area contributed by atoms with Crippen molar-refractivity contribution in [2.24, 2.45) is 0 Å². The van der Waals surface area contributed by atoms with Crippen LogP contribution in [-0.2, 0) is 48.5 Å². The van der Waals surface area contributed by atoms with Gasteiger partial charge in [0.25, 0.3) is 5.56 Å². The van der Waals surface area contributed by atoms with Gasteiger partial charge >= 0.3 is 25.4 Å². The Labute approximate surface area is 274 Å². The van der Waals surface area contributed by atoms with Crippen molar-refractivity contribution in [3.05, 3.63) is 50.9 Å². The Balaban J connectivity index is 1.22. The second-order valence-electron chi connectivity index (χ2n) is 10.5. The average Bonchev–Trinajstić information content (AvgIpc) is 3.62. The van der Waals surface area contributed by atoms with Gasteiger partial charge in [0.2, 0.25) is 5.95 Å². The van der Waals surface area contributed by atoms with Gasteiger partial charge in [-0.3, -0.25) is 27.9 Å². The Hall–Kier alpha value is -4.85. The summed E-state index contributed by atoms with van der Waals surface area (Å²) in [6.07, 6.45) is -3.49. The van der Waals surface area contributed by atoms with Gasteiger partial charge in [0, 0.05) is 17.5 Å². The molecule has 2 fully saturated rings. The maximum Gasteiger partial charge on any atom is 0.475 e. The quantitative estimate of drug-likeness (QED) is 0.104. The first kappa shape index (κ1) is 34.0. The first-order valence-corrected chi connectivity index (χ1v) is 16.3. The fraction of sp³-hybridized carbons (Fsp3) is 0.429. The van der Waals surface area contributed by atoms with E-state index in [-0.39, 0.29) is 65.0 Å². The number of fused-ring (bicyclic) bond motifs is 3. The van der Waals surface area contributed by atoms with Crippen LogP contribution in [0.5, 0.6) is 11.5 Å². The molecule has 1 aromatic carbocycles. The summed E-state index contributed by atoms with van der Waals surface area (Å²) in [5, 5.41) is 11.3. The van der Waals surface area contributed by atoms with Crippen LogP contribution in [0.15, 0.2) is 38.5 Å². The first-order chi connectivity index (χ1) is 23.5. The van der Waals surface area contributed by atoms with Gasteiger partial charge in [0.15, 0.2) is 42.1 Å². The Kier molecular flexibility index (Phi) is 9.68. The molecule has 262 valence electrons. The van der Waals surface area contributed by atoms with E-state index in [0.29, 0.717) is 0 Å². The van der Waals surface area contributed by atoms with Crippen molar-refractivity contribution in [3.8, 4) is 11.5 Å². The number of anilines is 1. The van der Waals surface area contributed by atoms with E-state index < -0.39 is 75.3 Å². The number of benzene rings is 1. The summed E-state index contributed by atoms with van der Waals surface area (Å²) in [6.45, 7) is 1.61. The molecule has 49 heavy (non-hydrogen) atoms. The van der Waals surface area contributed by atoms with Crippen LogP contribution in [0.3, 0.4) is 0 Å². The van der Waals surface area contributed by atoms with Crippen LogP contribution in [0.2, 0.25) is 0 Å². The zero-order valence-electron chi connectivity index (χ0n) is 25.9. The van der Waals surface area contributed by atoms with Crippen LogP contribution in [0.1, 0.15) is 25.6 Å². The monoisotopic (exact) mass is 707 g/mol. The second kappa shape index (κ2) is 13.9. The van der Waals surface area contributed by atoms with Crippen LogP contribution >= 0.6 is 7.82 Å². The summed E-state index contributed by atoms with van der Waals surface area (Å²) >= 11 is 0. The Morgan fingerprint density at radius 2 is 1.80 bits per heavy atom. The highest BCUT2D eigenvalue weighted by Crippen LogP contribution is 2.57. The third-order valence-corrected chi connectivity index (χ3v) is 8.67. The molecule has 3 aromatic heterocycles. The van der Waals surface area contributed by atoms with Crippen LogP contribution in [0, 0.1) is 0 Å². The first-order valence-electron chi connectivity index (χ1n) is 14.8. The molecular weight excluding hydrogens is 677 g/mol. The van der Waals surface area contributed by atoms with E-state index in [4.69, 9.17) is 47.4 Å². The summed E-state index contributed by atoms with van der Waals surface area (Å²) in [6, 6.07) is 3.71. The lowest BCUT2D eigenvalue weighted by Crippen LogP contribution is -2.39. The van der Waals surface area contributed by atoms with Crippen molar-refractivity contribution in [1.82, 2.24) is 19.5 Å². The molecule has 0 saturated carbocycles. The standard InChI is InChI=1S/C28H30N5O15P/c1-3-40-20(35)10-42-16-6-14-13(5-19(34)46-15(14)7-17(16)43-11-21(36)41-4-2)8-44-49(39)45-9-18-24(48-49)23(37)27(47-18)33-12-30-22-25(33)31-28(29)32-26(22)38/h5-7,12,18,23-24,27,37H,3-4,8-11H2,1-2H3,(H3,29,31,32,38)/t18-,23-,24-,27-,49?/m1/s1. The SMILES string of the molecule is CCOC(=O)COc1cc2oc(=O)cc(COP3(=O)OC[C@H]4O[C@@H](n5cnc6c(=O)[nH]c(N)nc65)[C@H](O)[C@@H]4O3)c2cc1OCC(=O)OCC. The fourth-order valence-electron chi connectivity index (χ4n) is 5.16. The lowest BCUT2D eigenvalue weighted by atomic mass is 10.1. The largest absolute Gasteiger partial charge is 0.478 e. The van der Waals surface area contributed by atoms with Gasteiger partial charge in [-0.15, -0.1) is 0 Å². The molecule has 4 N–H and O–H groups in total. The molecule has 4 aromatic rings. The number of aliphatic hydroxyl groups excluding tert-OH is 1. The summed E-state index contributed by atoms with van der Waals surface area (Å²) in [5.41, 5.74) is 4.38. The van der Waals surface area contributed by atoms with E-state index in [0.717, 1.165) is 6.07 Å². The molecular formula is C28H30N5O15P. The Morgan fingerprint density at radius 3 is 2.49 bits per heavy atom. The van der Waals surface area contributed by atoms with E-state index in [2.05, 4.69) is 15.0 Å². The number of nitrogens with two attached hydrogens (primary N) is 1. The van der Waals surface area contributed by atoms with E-state index in [1.165, 1.54) is 23.0 Å².